The number of carbonyl (C=O) groups is 1. The van der Waals surface area contributed by atoms with E-state index in [1.807, 2.05) is 0 Å². The van der Waals surface area contributed by atoms with Crippen LogP contribution in [0.1, 0.15) is 17.3 Å². The molecule has 5 heteroatoms. The van der Waals surface area contributed by atoms with Crippen LogP contribution in [-0.4, -0.2) is 20.5 Å². The van der Waals surface area contributed by atoms with E-state index in [0.29, 0.717) is 0 Å². The van der Waals surface area contributed by atoms with Crippen molar-refractivity contribution < 1.29 is 17.6 Å². The van der Waals surface area contributed by atoms with Crippen LogP contribution in [0.4, 0.5) is 4.39 Å². The highest BCUT2D eigenvalue weighted by atomic mass is 32.2. The maximum Gasteiger partial charge on any atom is 0.175 e. The zero-order chi connectivity index (χ0) is 10.9. The predicted octanol–water partition coefficient (Wildman–Crippen LogP) is 1.43. The Balaban J connectivity index is 3.42. The van der Waals surface area contributed by atoms with Crippen LogP contribution in [0.5, 0.6) is 0 Å². The van der Waals surface area contributed by atoms with Gasteiger partial charge in [0.2, 0.25) is 0 Å². The fraction of sp³-hybridized carbons (Fsp3) is 0.222. The van der Waals surface area contributed by atoms with Gasteiger partial charge >= 0.3 is 0 Å². The van der Waals surface area contributed by atoms with Crippen LogP contribution in [0, 0.1) is 5.82 Å². The van der Waals surface area contributed by atoms with E-state index in [0.717, 1.165) is 24.5 Å². The van der Waals surface area contributed by atoms with Crippen molar-refractivity contribution >= 4 is 15.6 Å². The first kappa shape index (κ1) is 10.8. The summed E-state index contributed by atoms with van der Waals surface area (Å²) < 4.78 is 35.2. The number of sulfone groups is 1. The second kappa shape index (κ2) is 3.49. The topological polar surface area (TPSA) is 51.2 Å². The minimum absolute atomic E-state index is 0.0518. The minimum atomic E-state index is -3.39. The molecule has 0 saturated carbocycles. The van der Waals surface area contributed by atoms with Crippen molar-refractivity contribution in [3.8, 4) is 0 Å². The quantitative estimate of drug-likeness (QED) is 0.555. The lowest BCUT2D eigenvalue weighted by molar-refractivity contribution is 0.101. The van der Waals surface area contributed by atoms with E-state index >= 15 is 0 Å². The first-order chi connectivity index (χ1) is 6.32. The lowest BCUT2D eigenvalue weighted by Gasteiger charge is -2.01. The minimum Gasteiger partial charge on any atom is -0.294 e. The molecule has 0 spiro atoms. The third-order valence-corrected chi connectivity index (χ3v) is 2.86. The number of carbonyl (C=O) groups excluding carboxylic acids is 1. The van der Waals surface area contributed by atoms with Crippen molar-refractivity contribution in [3.63, 3.8) is 0 Å². The van der Waals surface area contributed by atoms with E-state index in [1.54, 1.807) is 0 Å². The molecule has 0 N–H and O–H groups in total. The van der Waals surface area contributed by atoms with E-state index in [1.165, 1.54) is 6.92 Å². The molecule has 1 rings (SSSR count). The Morgan fingerprint density at radius 3 is 2.36 bits per heavy atom. The van der Waals surface area contributed by atoms with Crippen LogP contribution in [0.15, 0.2) is 23.1 Å². The molecule has 0 amide bonds. The van der Waals surface area contributed by atoms with Crippen LogP contribution in [0.3, 0.4) is 0 Å². The van der Waals surface area contributed by atoms with Crippen LogP contribution >= 0.6 is 0 Å². The molecule has 76 valence electrons. The summed E-state index contributed by atoms with van der Waals surface area (Å²) >= 11 is 0. The Bertz CT molecular complexity index is 477. The first-order valence-electron chi connectivity index (χ1n) is 3.83. The lowest BCUT2D eigenvalue weighted by atomic mass is 10.1. The SMILES string of the molecule is CC(=O)c1cc(S(C)(=O)=O)ccc1F. The average molecular weight is 216 g/mol. The zero-order valence-electron chi connectivity index (χ0n) is 7.74. The fourth-order valence-corrected chi connectivity index (χ4v) is 1.65. The molecule has 14 heavy (non-hydrogen) atoms. The Labute approximate surface area is 81.5 Å². The number of halogens is 1. The molecule has 0 saturated heterocycles. The maximum absolute atomic E-state index is 13.0. The third-order valence-electron chi connectivity index (χ3n) is 1.75. The highest BCUT2D eigenvalue weighted by Crippen LogP contribution is 2.15. The highest BCUT2D eigenvalue weighted by Gasteiger charge is 2.13. The van der Waals surface area contributed by atoms with Gasteiger partial charge in [-0.25, -0.2) is 12.8 Å². The monoisotopic (exact) mass is 216 g/mol. The number of rotatable bonds is 2. The highest BCUT2D eigenvalue weighted by molar-refractivity contribution is 7.90. The predicted molar refractivity (Wildman–Crippen MR) is 49.5 cm³/mol. The number of hydrogen-bond acceptors (Lipinski definition) is 3. The fourth-order valence-electron chi connectivity index (χ4n) is 1.00. The Hall–Kier alpha value is -1.23. The molecular formula is C9H9FO3S. The van der Waals surface area contributed by atoms with Gasteiger partial charge in [-0.2, -0.15) is 0 Å². The lowest BCUT2D eigenvalue weighted by Crippen LogP contribution is -2.02. The molecule has 0 aliphatic rings. The van der Waals surface area contributed by atoms with Gasteiger partial charge in [-0.1, -0.05) is 0 Å². The van der Waals surface area contributed by atoms with E-state index in [9.17, 15) is 17.6 Å². The van der Waals surface area contributed by atoms with Crippen molar-refractivity contribution in [1.29, 1.82) is 0 Å². The van der Waals surface area contributed by atoms with Crippen molar-refractivity contribution in [2.45, 2.75) is 11.8 Å². The third kappa shape index (κ3) is 2.17. The summed E-state index contributed by atoms with van der Waals surface area (Å²) in [6, 6.07) is 3.16. The van der Waals surface area contributed by atoms with Gasteiger partial charge in [-0.15, -0.1) is 0 Å². The largest absolute Gasteiger partial charge is 0.294 e. The van der Waals surface area contributed by atoms with Gasteiger partial charge in [0.05, 0.1) is 10.5 Å². The summed E-state index contributed by atoms with van der Waals surface area (Å²) in [5, 5.41) is 0. The summed E-state index contributed by atoms with van der Waals surface area (Å²) in [5.74, 6) is -1.20. The van der Waals surface area contributed by atoms with Gasteiger partial charge in [0, 0.05) is 6.26 Å². The molecule has 0 aliphatic carbocycles. The molecule has 0 unspecified atom stereocenters. The van der Waals surface area contributed by atoms with Gasteiger partial charge in [0.25, 0.3) is 0 Å². The second-order valence-electron chi connectivity index (χ2n) is 2.97. The molecule has 1 aromatic carbocycles. The van der Waals surface area contributed by atoms with Crippen molar-refractivity contribution in [3.05, 3.63) is 29.6 Å². The first-order valence-corrected chi connectivity index (χ1v) is 5.72. The van der Waals surface area contributed by atoms with Crippen LogP contribution in [-0.2, 0) is 9.84 Å². The number of benzene rings is 1. The van der Waals surface area contributed by atoms with Gasteiger partial charge in [-0.05, 0) is 25.1 Å². The molecule has 3 nitrogen and oxygen atoms in total. The summed E-state index contributed by atoms with van der Waals surface area (Å²) in [6.07, 6.45) is 1.00. The molecule has 0 bridgehead atoms. The zero-order valence-corrected chi connectivity index (χ0v) is 8.56. The van der Waals surface area contributed by atoms with E-state index < -0.39 is 21.4 Å². The molecule has 1 aromatic rings. The van der Waals surface area contributed by atoms with Gasteiger partial charge < -0.3 is 0 Å². The summed E-state index contributed by atoms with van der Waals surface area (Å²) in [6.45, 7) is 1.18. The van der Waals surface area contributed by atoms with Gasteiger partial charge in [-0.3, -0.25) is 4.79 Å². The van der Waals surface area contributed by atoms with Crippen molar-refractivity contribution in [1.82, 2.24) is 0 Å². The van der Waals surface area contributed by atoms with Crippen LogP contribution in [0.2, 0.25) is 0 Å². The van der Waals surface area contributed by atoms with Crippen LogP contribution < -0.4 is 0 Å². The van der Waals surface area contributed by atoms with E-state index in [4.69, 9.17) is 0 Å². The summed E-state index contributed by atoms with van der Waals surface area (Å²) in [4.78, 5) is 10.9. The molecule has 0 radical (unpaired) electrons. The Morgan fingerprint density at radius 2 is 1.93 bits per heavy atom. The Kier molecular flexibility index (Phi) is 2.71. The number of hydrogen-bond donors (Lipinski definition) is 0. The molecular weight excluding hydrogens is 207 g/mol. The molecule has 0 heterocycles. The summed E-state index contributed by atoms with van der Waals surface area (Å²) in [5.41, 5.74) is -0.201. The molecule has 0 atom stereocenters. The van der Waals surface area contributed by atoms with E-state index in [2.05, 4.69) is 0 Å². The smallest absolute Gasteiger partial charge is 0.175 e. The number of ketones is 1. The van der Waals surface area contributed by atoms with Gasteiger partial charge in [0.15, 0.2) is 15.6 Å². The maximum atomic E-state index is 13.0. The average Bonchev–Trinajstić information content (AvgIpc) is 2.02. The second-order valence-corrected chi connectivity index (χ2v) is 4.99. The number of Topliss-reactive ketones (excluding diaryl/α,β-unsaturated/α-hetero) is 1. The molecule has 0 aliphatic heterocycles. The van der Waals surface area contributed by atoms with E-state index in [-0.39, 0.29) is 10.5 Å². The summed E-state index contributed by atoms with van der Waals surface area (Å²) in [7, 11) is -3.39. The van der Waals surface area contributed by atoms with Crippen molar-refractivity contribution in [2.75, 3.05) is 6.26 Å². The van der Waals surface area contributed by atoms with Crippen LogP contribution in [0.25, 0.3) is 0 Å². The standard InChI is InChI=1S/C9H9FO3S/c1-6(11)8-5-7(14(2,12)13)3-4-9(8)10/h3-5H,1-2H3. The normalized spacial score (nSPS) is 11.4. The molecule has 0 aromatic heterocycles. The molecule has 0 fully saturated rings. The van der Waals surface area contributed by atoms with Crippen molar-refractivity contribution in [2.24, 2.45) is 0 Å². The van der Waals surface area contributed by atoms with Gasteiger partial charge in [0.1, 0.15) is 5.82 Å². The Morgan fingerprint density at radius 1 is 1.36 bits per heavy atom.